The first-order valence-electron chi connectivity index (χ1n) is 17.9. The summed E-state index contributed by atoms with van der Waals surface area (Å²) in [5.74, 6) is 3.59. The first-order valence-corrected chi connectivity index (χ1v) is 17.9. The van der Waals surface area contributed by atoms with E-state index < -0.39 is 12.2 Å². The van der Waals surface area contributed by atoms with Crippen LogP contribution in [-0.4, -0.2) is 97.4 Å². The highest BCUT2D eigenvalue weighted by Crippen LogP contribution is 2.47. The second-order valence-corrected chi connectivity index (χ2v) is 15.0. The molecule has 8 heterocycles. The van der Waals surface area contributed by atoms with E-state index in [4.69, 9.17) is 25.4 Å². The molecule has 0 amide bonds. The number of aliphatic hydroxyl groups excluding tert-OH is 2. The summed E-state index contributed by atoms with van der Waals surface area (Å²) < 4.78 is 11.6. The number of benzene rings is 2. The van der Waals surface area contributed by atoms with E-state index in [2.05, 4.69) is 23.1 Å². The quantitative estimate of drug-likeness (QED) is 0.189. The number of aliphatic hydroxyl groups is 2. The van der Waals surface area contributed by atoms with Gasteiger partial charge in [0.1, 0.15) is 23.7 Å². The Hall–Kier alpha value is -3.69. The maximum Gasteiger partial charge on any atom is 0.127 e. The SMILES string of the molecule is [B-][N@@+]12CC[C@@H](C[C@@H]1[C@@H](O)c1ccnc3ccc(OC)cc13)[C@@H](C=C)C2.[B-][N@@+]12CC[C@@H](C[C@@H]1[C@@H](O)c1ccnc3ccc(OC)cc13)[C@@H](C=C)C2. The highest BCUT2D eigenvalue weighted by molar-refractivity contribution is 5.98. The minimum atomic E-state index is -0.615. The molecule has 10 atom stereocenters. The van der Waals surface area contributed by atoms with E-state index in [0.717, 1.165) is 96.3 Å². The summed E-state index contributed by atoms with van der Waals surface area (Å²) in [5.41, 5.74) is 3.50. The summed E-state index contributed by atoms with van der Waals surface area (Å²) in [6.07, 6.45) is 10.5. The Morgan fingerprint density at radius 2 is 1.14 bits per heavy atom. The Balaban J connectivity index is 0.000000157. The van der Waals surface area contributed by atoms with Gasteiger partial charge in [-0.1, -0.05) is 12.2 Å². The summed E-state index contributed by atoms with van der Waals surface area (Å²) in [6.45, 7) is 11.5. The lowest BCUT2D eigenvalue weighted by atomic mass is 9.69. The molecule has 10 heteroatoms. The molecule has 0 saturated carbocycles. The average molecular weight is 670 g/mol. The van der Waals surface area contributed by atoms with Crippen LogP contribution in [0.25, 0.3) is 21.8 Å². The maximum absolute atomic E-state index is 11.3. The average Bonchev–Trinajstić information content (AvgIpc) is 3.16. The summed E-state index contributed by atoms with van der Waals surface area (Å²) >= 11 is 0. The van der Waals surface area contributed by atoms with Gasteiger partial charge in [0.2, 0.25) is 0 Å². The number of methoxy groups -OCH3 is 2. The van der Waals surface area contributed by atoms with Gasteiger partial charge in [-0.25, -0.2) is 16.0 Å². The number of hydrogen-bond donors (Lipinski definition) is 2. The smallest absolute Gasteiger partial charge is 0.127 e. The van der Waals surface area contributed by atoms with Gasteiger partial charge in [-0.05, 0) is 84.3 Å². The van der Waals surface area contributed by atoms with Crippen LogP contribution in [0.4, 0.5) is 0 Å². The normalized spacial score (nSPS) is 32.5. The lowest BCUT2D eigenvalue weighted by molar-refractivity contribution is -0.871. The third kappa shape index (κ3) is 6.14. The largest absolute Gasteiger partial charge is 0.583 e. The van der Waals surface area contributed by atoms with Gasteiger partial charge in [-0.15, -0.1) is 13.2 Å². The van der Waals surface area contributed by atoms with Gasteiger partial charge in [-0.3, -0.25) is 9.97 Å². The second-order valence-electron chi connectivity index (χ2n) is 15.0. The third-order valence-electron chi connectivity index (χ3n) is 12.5. The zero-order valence-electron chi connectivity index (χ0n) is 29.3. The van der Waals surface area contributed by atoms with Gasteiger partial charge in [0, 0.05) is 74.0 Å². The fourth-order valence-corrected chi connectivity index (χ4v) is 9.57. The van der Waals surface area contributed by atoms with E-state index >= 15 is 0 Å². The summed E-state index contributed by atoms with van der Waals surface area (Å²) in [6, 6.07) is 15.4. The Labute approximate surface area is 298 Å². The monoisotopic (exact) mass is 670 g/mol. The molecule has 6 aliphatic heterocycles. The molecule has 8 nitrogen and oxygen atoms in total. The number of aromatic nitrogens is 2. The predicted octanol–water partition coefficient (Wildman–Crippen LogP) is 5.54. The van der Waals surface area contributed by atoms with Crippen molar-refractivity contribution in [2.45, 2.75) is 50.0 Å². The zero-order chi connectivity index (χ0) is 35.2. The molecule has 2 aromatic carbocycles. The number of piperidine rings is 6. The molecule has 6 radical (unpaired) electrons. The fraction of sp³-hybridized carbons (Fsp3) is 0.450. The standard InChI is InChI=1S/2C20H24BN2O2/c2*1-3-13-12-23(21)9-7-14(13)10-19(23)20(24)16-6-8-22-18-5-4-15(25-2)11-17(16)18/h2*3-6,8,11,13-14,19-20,24H,1,7,9-10,12H2,2H3/t2*13-,14-,19+,20-,23+/m00/s1. The number of quaternary nitrogens is 2. The summed E-state index contributed by atoms with van der Waals surface area (Å²) in [4.78, 5) is 8.84. The second kappa shape index (κ2) is 13.8. The molecule has 6 aliphatic rings. The van der Waals surface area contributed by atoms with Crippen molar-refractivity contribution < 1.29 is 28.5 Å². The van der Waals surface area contributed by atoms with Gasteiger partial charge >= 0.3 is 0 Å². The molecule has 6 saturated heterocycles. The van der Waals surface area contributed by atoms with Crippen molar-refractivity contribution >= 4 is 37.8 Å². The van der Waals surface area contributed by atoms with Crippen molar-refractivity contribution in [3.63, 3.8) is 0 Å². The van der Waals surface area contributed by atoms with E-state index in [0.29, 0.717) is 32.5 Å². The lowest BCUT2D eigenvalue weighted by Crippen LogP contribution is -2.66. The van der Waals surface area contributed by atoms with Gasteiger partial charge in [0.05, 0.1) is 37.3 Å². The number of pyridine rings is 2. The molecular weight excluding hydrogens is 622 g/mol. The summed E-state index contributed by atoms with van der Waals surface area (Å²) in [5, 5.41) is 24.4. The van der Waals surface area contributed by atoms with E-state index in [1.165, 1.54) is 0 Å². The van der Waals surface area contributed by atoms with Crippen LogP contribution in [0.1, 0.15) is 49.0 Å². The molecule has 4 bridgehead atoms. The van der Waals surface area contributed by atoms with E-state index in [1.54, 1.807) is 26.6 Å². The molecule has 0 spiro atoms. The van der Waals surface area contributed by atoms with E-state index in [1.807, 2.05) is 60.7 Å². The minimum absolute atomic E-state index is 0.00625. The van der Waals surface area contributed by atoms with Crippen LogP contribution >= 0.6 is 0 Å². The van der Waals surface area contributed by atoms with Crippen molar-refractivity contribution in [3.8, 4) is 11.5 Å². The highest BCUT2D eigenvalue weighted by atomic mass is 16.5. The Kier molecular flexibility index (Phi) is 9.58. The lowest BCUT2D eigenvalue weighted by Gasteiger charge is -2.66. The molecule has 4 aromatic rings. The van der Waals surface area contributed by atoms with Crippen LogP contribution in [0.2, 0.25) is 0 Å². The predicted molar refractivity (Wildman–Crippen MR) is 198 cm³/mol. The maximum atomic E-state index is 11.3. The van der Waals surface area contributed by atoms with E-state index in [9.17, 15) is 10.2 Å². The number of ether oxygens (including phenoxy) is 2. The van der Waals surface area contributed by atoms with Gasteiger partial charge in [-0.2, -0.15) is 0 Å². The highest BCUT2D eigenvalue weighted by Gasteiger charge is 2.47. The Morgan fingerprint density at radius 3 is 1.50 bits per heavy atom. The van der Waals surface area contributed by atoms with Crippen molar-refractivity contribution in [2.24, 2.45) is 23.7 Å². The fourth-order valence-electron chi connectivity index (χ4n) is 9.57. The van der Waals surface area contributed by atoms with Gasteiger partial charge < -0.3 is 28.5 Å². The third-order valence-corrected chi connectivity index (χ3v) is 12.5. The number of hydrogen-bond acceptors (Lipinski definition) is 6. The Bertz CT molecular complexity index is 1760. The first-order chi connectivity index (χ1) is 24.1. The number of rotatable bonds is 8. The Morgan fingerprint density at radius 1 is 0.720 bits per heavy atom. The molecule has 0 unspecified atom stereocenters. The van der Waals surface area contributed by atoms with Crippen molar-refractivity contribution in [1.82, 2.24) is 9.97 Å². The van der Waals surface area contributed by atoms with Gasteiger partial charge in [0.15, 0.2) is 0 Å². The minimum Gasteiger partial charge on any atom is -0.583 e. The van der Waals surface area contributed by atoms with Crippen LogP contribution in [-0.2, 0) is 0 Å². The molecule has 50 heavy (non-hydrogen) atoms. The van der Waals surface area contributed by atoms with Crippen molar-refractivity contribution in [2.75, 3.05) is 40.4 Å². The van der Waals surface area contributed by atoms with Crippen LogP contribution < -0.4 is 9.47 Å². The van der Waals surface area contributed by atoms with Crippen molar-refractivity contribution in [1.29, 1.82) is 0 Å². The molecule has 0 aliphatic carbocycles. The molecule has 10 rings (SSSR count). The van der Waals surface area contributed by atoms with Crippen molar-refractivity contribution in [3.05, 3.63) is 97.4 Å². The number of fused-ring (bicyclic) bond motifs is 8. The molecular formula is C40H48B2N4O4. The molecule has 6 fully saturated rings. The molecule has 2 N–H and O–H groups in total. The molecule has 2 aromatic heterocycles. The topological polar surface area (TPSA) is 84.7 Å². The first kappa shape index (κ1) is 34.7. The van der Waals surface area contributed by atoms with Gasteiger partial charge in [0.25, 0.3) is 0 Å². The van der Waals surface area contributed by atoms with E-state index in [-0.39, 0.29) is 12.1 Å². The van der Waals surface area contributed by atoms with Crippen LogP contribution in [0, 0.1) is 23.7 Å². The summed E-state index contributed by atoms with van der Waals surface area (Å²) in [7, 11) is 16.8. The zero-order valence-corrected chi connectivity index (χ0v) is 29.3. The van der Waals surface area contributed by atoms with Crippen LogP contribution in [0.15, 0.2) is 86.2 Å². The molecule has 258 valence electrons. The van der Waals surface area contributed by atoms with Crippen LogP contribution in [0.5, 0.6) is 11.5 Å². The number of nitrogens with zero attached hydrogens (tertiary/aromatic N) is 4. The van der Waals surface area contributed by atoms with Crippen LogP contribution in [0.3, 0.4) is 0 Å².